The third-order valence-corrected chi connectivity index (χ3v) is 5.17. The molecule has 1 fully saturated rings. The molecule has 24 heavy (non-hydrogen) atoms. The highest BCUT2D eigenvalue weighted by Crippen LogP contribution is 2.25. The number of thiophene rings is 1. The van der Waals surface area contributed by atoms with Gasteiger partial charge < -0.3 is 10.1 Å². The Balaban J connectivity index is 1.71. The van der Waals surface area contributed by atoms with Crippen molar-refractivity contribution >= 4 is 33.4 Å². The summed E-state index contributed by atoms with van der Waals surface area (Å²) in [6.07, 6.45) is 2.39. The van der Waals surface area contributed by atoms with E-state index in [1.54, 1.807) is 0 Å². The maximum atomic E-state index is 12.5. The molecule has 0 bridgehead atoms. The molecule has 0 aromatic carbocycles. The summed E-state index contributed by atoms with van der Waals surface area (Å²) < 4.78 is 6.33. The molecular weight excluding hydrogens is 330 g/mol. The summed E-state index contributed by atoms with van der Waals surface area (Å²) in [5, 5.41) is 3.31. The third-order valence-electron chi connectivity index (χ3n) is 4.06. The summed E-state index contributed by atoms with van der Waals surface area (Å²) in [6, 6.07) is 0.206. The fourth-order valence-corrected chi connectivity index (χ4v) is 3.34. The number of hydrogen-bond donors (Lipinski definition) is 1. The fraction of sp³-hybridized carbons (Fsp3) is 0.500. The number of fused-ring (bicyclic) bond motifs is 1. The van der Waals surface area contributed by atoms with E-state index in [4.69, 9.17) is 4.74 Å². The predicted octanol–water partition coefficient (Wildman–Crippen LogP) is 1.29. The molecule has 0 saturated heterocycles. The molecule has 1 amide bonds. The van der Waals surface area contributed by atoms with E-state index in [1.165, 1.54) is 29.2 Å². The minimum atomic E-state index is -0.879. The lowest BCUT2D eigenvalue weighted by Crippen LogP contribution is -2.38. The van der Waals surface area contributed by atoms with Crippen LogP contribution in [-0.4, -0.2) is 33.6 Å². The number of nitrogens with one attached hydrogen (secondary N) is 1. The number of carbonyl (C=O) groups is 2. The van der Waals surface area contributed by atoms with E-state index in [-0.39, 0.29) is 24.1 Å². The Morgan fingerprint density at radius 2 is 2.17 bits per heavy atom. The van der Waals surface area contributed by atoms with E-state index in [0.29, 0.717) is 10.2 Å². The molecule has 1 aliphatic rings. The van der Waals surface area contributed by atoms with Crippen LogP contribution in [0.5, 0.6) is 0 Å². The normalized spacial score (nSPS) is 15.3. The standard InChI is InChI=1S/C16H19N3O4S/c1-8-10(3)24-15-13(8)16(22)19(7-17-15)6-12(20)23-9(2)14(21)18-11-4-5-11/h7,9,11H,4-6H2,1-3H3,(H,18,21)/t9-/m1/s1. The lowest BCUT2D eigenvalue weighted by molar-refractivity contribution is -0.155. The van der Waals surface area contributed by atoms with Crippen LogP contribution < -0.4 is 10.9 Å². The van der Waals surface area contributed by atoms with Crippen molar-refractivity contribution in [3.05, 3.63) is 27.1 Å². The molecule has 1 aliphatic carbocycles. The van der Waals surface area contributed by atoms with Crippen molar-refractivity contribution in [1.29, 1.82) is 0 Å². The molecule has 0 spiro atoms. The maximum Gasteiger partial charge on any atom is 0.326 e. The number of carbonyl (C=O) groups excluding carboxylic acids is 2. The van der Waals surface area contributed by atoms with Gasteiger partial charge in [0.05, 0.1) is 11.7 Å². The van der Waals surface area contributed by atoms with Crippen LogP contribution >= 0.6 is 11.3 Å². The van der Waals surface area contributed by atoms with Gasteiger partial charge in [-0.2, -0.15) is 0 Å². The Kier molecular flexibility index (Phi) is 4.40. The minimum Gasteiger partial charge on any atom is -0.451 e. The molecule has 3 rings (SSSR count). The van der Waals surface area contributed by atoms with Crippen molar-refractivity contribution in [3.8, 4) is 0 Å². The Bertz CT molecular complexity index is 866. The quantitative estimate of drug-likeness (QED) is 0.822. The van der Waals surface area contributed by atoms with Crippen molar-refractivity contribution in [2.45, 2.75) is 52.3 Å². The van der Waals surface area contributed by atoms with Crippen LogP contribution in [0.3, 0.4) is 0 Å². The van der Waals surface area contributed by atoms with Crippen molar-refractivity contribution in [2.75, 3.05) is 0 Å². The second kappa shape index (κ2) is 6.35. The second-order valence-corrected chi connectivity index (χ2v) is 7.26. The highest BCUT2D eigenvalue weighted by atomic mass is 32.1. The van der Waals surface area contributed by atoms with E-state index < -0.39 is 12.1 Å². The van der Waals surface area contributed by atoms with Crippen LogP contribution in [-0.2, 0) is 20.9 Å². The van der Waals surface area contributed by atoms with Crippen molar-refractivity contribution < 1.29 is 14.3 Å². The van der Waals surface area contributed by atoms with Gasteiger partial charge in [-0.1, -0.05) is 0 Å². The van der Waals surface area contributed by atoms with Crippen LogP contribution in [0.4, 0.5) is 0 Å². The molecule has 2 aromatic heterocycles. The van der Waals surface area contributed by atoms with Gasteiger partial charge in [-0.25, -0.2) is 4.98 Å². The maximum absolute atomic E-state index is 12.5. The van der Waals surface area contributed by atoms with E-state index in [2.05, 4.69) is 10.3 Å². The van der Waals surface area contributed by atoms with Gasteiger partial charge in [0.25, 0.3) is 11.5 Å². The number of rotatable bonds is 5. The first kappa shape index (κ1) is 16.6. The molecular formula is C16H19N3O4S. The first-order valence-corrected chi connectivity index (χ1v) is 8.63. The number of aromatic nitrogens is 2. The molecule has 1 N–H and O–H groups in total. The van der Waals surface area contributed by atoms with Crippen molar-refractivity contribution in [2.24, 2.45) is 0 Å². The second-order valence-electron chi connectivity index (χ2n) is 6.06. The average Bonchev–Trinajstić information content (AvgIpc) is 3.28. The molecule has 1 atom stereocenters. The average molecular weight is 349 g/mol. The van der Waals surface area contributed by atoms with Gasteiger partial charge in [-0.15, -0.1) is 11.3 Å². The number of ether oxygens (including phenoxy) is 1. The van der Waals surface area contributed by atoms with Gasteiger partial charge in [0.1, 0.15) is 11.4 Å². The van der Waals surface area contributed by atoms with Gasteiger partial charge in [-0.3, -0.25) is 19.0 Å². The van der Waals surface area contributed by atoms with E-state index >= 15 is 0 Å². The van der Waals surface area contributed by atoms with Crippen LogP contribution in [0, 0.1) is 13.8 Å². The predicted molar refractivity (Wildman–Crippen MR) is 90.1 cm³/mol. The lowest BCUT2D eigenvalue weighted by Gasteiger charge is -2.13. The summed E-state index contributed by atoms with van der Waals surface area (Å²) >= 11 is 1.45. The molecule has 2 aromatic rings. The van der Waals surface area contributed by atoms with Crippen LogP contribution in [0.2, 0.25) is 0 Å². The minimum absolute atomic E-state index is 0.206. The lowest BCUT2D eigenvalue weighted by atomic mass is 10.2. The van der Waals surface area contributed by atoms with Crippen LogP contribution in [0.15, 0.2) is 11.1 Å². The van der Waals surface area contributed by atoms with Crippen LogP contribution in [0.25, 0.3) is 10.2 Å². The number of esters is 1. The summed E-state index contributed by atoms with van der Waals surface area (Å²) in [5.74, 6) is -0.947. The number of hydrogen-bond acceptors (Lipinski definition) is 6. The van der Waals surface area contributed by atoms with Crippen molar-refractivity contribution in [1.82, 2.24) is 14.9 Å². The first-order valence-electron chi connectivity index (χ1n) is 7.82. The zero-order valence-corrected chi connectivity index (χ0v) is 14.6. The highest BCUT2D eigenvalue weighted by molar-refractivity contribution is 7.18. The van der Waals surface area contributed by atoms with Gasteiger partial charge >= 0.3 is 5.97 Å². The Hall–Kier alpha value is -2.22. The topological polar surface area (TPSA) is 90.3 Å². The van der Waals surface area contributed by atoms with Gasteiger partial charge in [-0.05, 0) is 39.2 Å². The number of aryl methyl sites for hydroxylation is 2. The Morgan fingerprint density at radius 3 is 2.83 bits per heavy atom. The molecule has 0 radical (unpaired) electrons. The highest BCUT2D eigenvalue weighted by Gasteiger charge is 2.27. The zero-order chi connectivity index (χ0) is 17.4. The molecule has 0 unspecified atom stereocenters. The van der Waals surface area contributed by atoms with Gasteiger partial charge in [0.15, 0.2) is 6.10 Å². The third kappa shape index (κ3) is 3.33. The Morgan fingerprint density at radius 1 is 1.46 bits per heavy atom. The van der Waals surface area contributed by atoms with E-state index in [0.717, 1.165) is 23.3 Å². The largest absolute Gasteiger partial charge is 0.451 e. The number of amides is 1. The van der Waals surface area contributed by atoms with Crippen molar-refractivity contribution in [3.63, 3.8) is 0 Å². The Labute approximate surface area is 142 Å². The summed E-state index contributed by atoms with van der Waals surface area (Å²) in [7, 11) is 0. The summed E-state index contributed by atoms with van der Waals surface area (Å²) in [6.45, 7) is 5.05. The van der Waals surface area contributed by atoms with Gasteiger partial charge in [0.2, 0.25) is 0 Å². The molecule has 2 heterocycles. The van der Waals surface area contributed by atoms with E-state index in [9.17, 15) is 14.4 Å². The molecule has 0 aliphatic heterocycles. The monoisotopic (exact) mass is 349 g/mol. The van der Waals surface area contributed by atoms with E-state index in [1.807, 2.05) is 13.8 Å². The zero-order valence-electron chi connectivity index (χ0n) is 13.8. The fourth-order valence-electron chi connectivity index (χ4n) is 2.36. The van der Waals surface area contributed by atoms with Crippen LogP contribution in [0.1, 0.15) is 30.2 Å². The SMILES string of the molecule is Cc1sc2ncn(CC(=O)O[C@H](C)C(=O)NC3CC3)c(=O)c2c1C. The molecule has 8 heteroatoms. The molecule has 128 valence electrons. The first-order chi connectivity index (χ1) is 11.4. The smallest absolute Gasteiger partial charge is 0.326 e. The summed E-state index contributed by atoms with van der Waals surface area (Å²) in [4.78, 5) is 42.3. The molecule has 7 nitrogen and oxygen atoms in total. The summed E-state index contributed by atoms with van der Waals surface area (Å²) in [5.41, 5.74) is 0.612. The molecule has 1 saturated carbocycles. The van der Waals surface area contributed by atoms with Gasteiger partial charge in [0, 0.05) is 10.9 Å². The number of nitrogens with zero attached hydrogens (tertiary/aromatic N) is 2.